The van der Waals surface area contributed by atoms with E-state index >= 15 is 0 Å². The van der Waals surface area contributed by atoms with Crippen molar-refractivity contribution in [3.05, 3.63) is 83.2 Å². The van der Waals surface area contributed by atoms with Crippen molar-refractivity contribution in [1.82, 2.24) is 9.97 Å². The van der Waals surface area contributed by atoms with E-state index in [0.717, 1.165) is 27.2 Å². The zero-order valence-corrected chi connectivity index (χ0v) is 18.9. The summed E-state index contributed by atoms with van der Waals surface area (Å²) in [7, 11) is 0. The minimum atomic E-state index is -0.116. The Morgan fingerprint density at radius 2 is 1.87 bits per heavy atom. The maximum atomic E-state index is 13.5. The third kappa shape index (κ3) is 4.75. The van der Waals surface area contributed by atoms with Gasteiger partial charge in [0.05, 0.1) is 28.6 Å². The number of aromatic nitrogens is 2. The lowest BCUT2D eigenvalue weighted by Gasteiger charge is -2.20. The van der Waals surface area contributed by atoms with Crippen LogP contribution < -0.4 is 9.64 Å². The number of amides is 1. The maximum absolute atomic E-state index is 13.5. The molecule has 6 heteroatoms. The van der Waals surface area contributed by atoms with Gasteiger partial charge in [-0.25, -0.2) is 4.98 Å². The molecule has 0 fully saturated rings. The lowest BCUT2D eigenvalue weighted by atomic mass is 10.1. The van der Waals surface area contributed by atoms with Crippen LogP contribution >= 0.6 is 11.3 Å². The number of carbonyl (C=O) groups excluding carboxylic acids is 1. The molecular weight excluding hydrogens is 406 g/mol. The first-order valence-electron chi connectivity index (χ1n) is 10.3. The average molecular weight is 432 g/mol. The van der Waals surface area contributed by atoms with Crippen molar-refractivity contribution in [2.45, 2.75) is 40.3 Å². The summed E-state index contributed by atoms with van der Waals surface area (Å²) in [5, 5.41) is 0.668. The first-order valence-corrected chi connectivity index (χ1v) is 11.1. The number of anilines is 1. The second-order valence-corrected chi connectivity index (χ2v) is 8.81. The predicted octanol–water partition coefficient (Wildman–Crippen LogP) is 5.94. The molecule has 0 bridgehead atoms. The lowest BCUT2D eigenvalue weighted by molar-refractivity contribution is 0.0985. The fraction of sp³-hybridized carbons (Fsp3) is 0.240. The molecule has 0 spiro atoms. The predicted molar refractivity (Wildman–Crippen MR) is 126 cm³/mol. The summed E-state index contributed by atoms with van der Waals surface area (Å²) in [5.74, 6) is 0.629. The van der Waals surface area contributed by atoms with Crippen LogP contribution in [0.3, 0.4) is 0 Å². The SMILES string of the molecule is Cc1cc(C)c2sc(N(Cc3ccccn3)C(=O)c3ccc(OC(C)C)cc3)nc2c1. The van der Waals surface area contributed by atoms with Crippen LogP contribution in [0.5, 0.6) is 5.75 Å². The summed E-state index contributed by atoms with van der Waals surface area (Å²) in [6.07, 6.45) is 1.82. The summed E-state index contributed by atoms with van der Waals surface area (Å²) in [6.45, 7) is 8.44. The number of benzene rings is 2. The van der Waals surface area contributed by atoms with E-state index < -0.39 is 0 Å². The van der Waals surface area contributed by atoms with Crippen molar-refractivity contribution < 1.29 is 9.53 Å². The van der Waals surface area contributed by atoms with E-state index in [0.29, 0.717) is 17.2 Å². The standard InChI is InChI=1S/C25H25N3O2S/c1-16(2)30-21-10-8-19(9-11-21)24(29)28(15-20-7-5-6-12-26-20)25-27-22-14-17(3)13-18(4)23(22)31-25/h5-14,16H,15H2,1-4H3. The average Bonchev–Trinajstić information content (AvgIpc) is 3.16. The van der Waals surface area contributed by atoms with Gasteiger partial charge in [0.1, 0.15) is 5.75 Å². The molecule has 158 valence electrons. The molecule has 5 nitrogen and oxygen atoms in total. The van der Waals surface area contributed by atoms with Crippen molar-refractivity contribution in [3.8, 4) is 5.75 Å². The van der Waals surface area contributed by atoms with Crippen molar-refractivity contribution in [3.63, 3.8) is 0 Å². The summed E-state index contributed by atoms with van der Waals surface area (Å²) in [6, 6.07) is 17.2. The summed E-state index contributed by atoms with van der Waals surface area (Å²) >= 11 is 1.54. The number of carbonyl (C=O) groups is 1. The van der Waals surface area contributed by atoms with Gasteiger partial charge in [0.15, 0.2) is 5.13 Å². The first-order chi connectivity index (χ1) is 14.9. The molecule has 0 aliphatic heterocycles. The molecule has 0 saturated carbocycles. The van der Waals surface area contributed by atoms with Gasteiger partial charge in [0, 0.05) is 11.8 Å². The third-order valence-corrected chi connectivity index (χ3v) is 6.03. The summed E-state index contributed by atoms with van der Waals surface area (Å²) in [5.41, 5.74) is 4.63. The normalized spacial score (nSPS) is 11.1. The first kappa shape index (κ1) is 21.0. The minimum absolute atomic E-state index is 0.0802. The van der Waals surface area contributed by atoms with Crippen LogP contribution in [0.2, 0.25) is 0 Å². The number of hydrogen-bond donors (Lipinski definition) is 0. The van der Waals surface area contributed by atoms with Gasteiger partial charge in [0.2, 0.25) is 0 Å². The smallest absolute Gasteiger partial charge is 0.260 e. The topological polar surface area (TPSA) is 55.3 Å². The highest BCUT2D eigenvalue weighted by atomic mass is 32.1. The Morgan fingerprint density at radius 1 is 1.10 bits per heavy atom. The molecule has 0 aliphatic rings. The Balaban J connectivity index is 1.72. The number of aryl methyl sites for hydroxylation is 2. The van der Waals surface area contributed by atoms with Crippen LogP contribution in [0.4, 0.5) is 5.13 Å². The summed E-state index contributed by atoms with van der Waals surface area (Å²) < 4.78 is 6.81. The summed E-state index contributed by atoms with van der Waals surface area (Å²) in [4.78, 5) is 24.5. The molecule has 4 aromatic rings. The molecule has 0 atom stereocenters. The van der Waals surface area contributed by atoms with Crippen molar-refractivity contribution in [1.29, 1.82) is 0 Å². The van der Waals surface area contributed by atoms with Crippen LogP contribution in [-0.4, -0.2) is 22.0 Å². The highest BCUT2D eigenvalue weighted by molar-refractivity contribution is 7.22. The number of pyridine rings is 1. The van der Waals surface area contributed by atoms with Gasteiger partial charge < -0.3 is 4.74 Å². The van der Waals surface area contributed by atoms with Gasteiger partial charge in [-0.05, 0) is 81.3 Å². The lowest BCUT2D eigenvalue weighted by Crippen LogP contribution is -2.30. The van der Waals surface area contributed by atoms with E-state index in [9.17, 15) is 4.79 Å². The monoisotopic (exact) mass is 431 g/mol. The molecule has 0 N–H and O–H groups in total. The van der Waals surface area contributed by atoms with Gasteiger partial charge >= 0.3 is 0 Å². The van der Waals surface area contributed by atoms with Gasteiger partial charge in [-0.2, -0.15) is 0 Å². The number of fused-ring (bicyclic) bond motifs is 1. The number of hydrogen-bond acceptors (Lipinski definition) is 5. The Hall–Kier alpha value is -3.25. The Bertz CT molecular complexity index is 1200. The fourth-order valence-corrected chi connectivity index (χ4v) is 4.48. The fourth-order valence-electron chi connectivity index (χ4n) is 3.46. The molecule has 0 unspecified atom stereocenters. The van der Waals surface area contributed by atoms with Crippen molar-refractivity contribution in [2.24, 2.45) is 0 Å². The van der Waals surface area contributed by atoms with Crippen LogP contribution in [0.15, 0.2) is 60.8 Å². The molecule has 0 saturated heterocycles. The van der Waals surface area contributed by atoms with Gasteiger partial charge in [-0.1, -0.05) is 23.5 Å². The number of nitrogens with zero attached hydrogens (tertiary/aromatic N) is 3. The molecule has 2 heterocycles. The van der Waals surface area contributed by atoms with E-state index in [1.165, 1.54) is 16.9 Å². The van der Waals surface area contributed by atoms with Gasteiger partial charge in [-0.15, -0.1) is 0 Å². The van der Waals surface area contributed by atoms with E-state index in [1.54, 1.807) is 23.2 Å². The largest absolute Gasteiger partial charge is 0.491 e. The molecule has 0 radical (unpaired) electrons. The molecule has 2 aromatic heterocycles. The number of ether oxygens (including phenoxy) is 1. The van der Waals surface area contributed by atoms with Crippen molar-refractivity contribution >= 4 is 32.6 Å². The van der Waals surface area contributed by atoms with Crippen LogP contribution in [0.25, 0.3) is 10.2 Å². The molecule has 4 rings (SSSR count). The third-order valence-electron chi connectivity index (χ3n) is 4.80. The molecule has 2 aromatic carbocycles. The van der Waals surface area contributed by atoms with Crippen LogP contribution in [0, 0.1) is 13.8 Å². The number of thiazole rings is 1. The Morgan fingerprint density at radius 3 is 2.55 bits per heavy atom. The molecule has 1 amide bonds. The maximum Gasteiger partial charge on any atom is 0.260 e. The van der Waals surface area contributed by atoms with Gasteiger partial charge in [0.25, 0.3) is 5.91 Å². The molecule has 31 heavy (non-hydrogen) atoms. The minimum Gasteiger partial charge on any atom is -0.491 e. The van der Waals surface area contributed by atoms with Crippen LogP contribution in [0.1, 0.15) is 41.0 Å². The Kier molecular flexibility index (Phi) is 6.00. The quantitative estimate of drug-likeness (QED) is 0.379. The highest BCUT2D eigenvalue weighted by Gasteiger charge is 2.23. The van der Waals surface area contributed by atoms with Gasteiger partial charge in [-0.3, -0.25) is 14.7 Å². The van der Waals surface area contributed by atoms with Crippen molar-refractivity contribution in [2.75, 3.05) is 4.90 Å². The van der Waals surface area contributed by atoms with E-state index in [2.05, 4.69) is 31.0 Å². The molecular formula is C25H25N3O2S. The zero-order valence-electron chi connectivity index (χ0n) is 18.1. The highest BCUT2D eigenvalue weighted by Crippen LogP contribution is 2.33. The second kappa shape index (κ2) is 8.86. The number of rotatable bonds is 6. The molecule has 0 aliphatic carbocycles. The zero-order chi connectivity index (χ0) is 22.0. The van der Waals surface area contributed by atoms with E-state index in [4.69, 9.17) is 9.72 Å². The van der Waals surface area contributed by atoms with E-state index in [1.807, 2.05) is 44.2 Å². The Labute approximate surface area is 186 Å². The van der Waals surface area contributed by atoms with E-state index in [-0.39, 0.29) is 12.0 Å². The second-order valence-electron chi connectivity index (χ2n) is 7.83. The van der Waals surface area contributed by atoms with Crippen LogP contribution in [-0.2, 0) is 6.54 Å².